The molecular formula is C24H34N2O4S. The van der Waals surface area contributed by atoms with Gasteiger partial charge in [0.15, 0.2) is 0 Å². The maximum Gasteiger partial charge on any atom is 0.307 e. The lowest BCUT2D eigenvalue weighted by atomic mass is 9.78. The number of aryl methyl sites for hydroxylation is 1. The van der Waals surface area contributed by atoms with Gasteiger partial charge in [-0.15, -0.1) is 11.3 Å². The Morgan fingerprint density at radius 2 is 1.45 bits per heavy atom. The van der Waals surface area contributed by atoms with E-state index in [0.717, 1.165) is 61.8 Å². The molecule has 0 radical (unpaired) electrons. The van der Waals surface area contributed by atoms with Crippen molar-refractivity contribution in [1.82, 2.24) is 0 Å². The van der Waals surface area contributed by atoms with E-state index in [9.17, 15) is 19.5 Å². The molecule has 0 saturated heterocycles. The van der Waals surface area contributed by atoms with Gasteiger partial charge in [0.2, 0.25) is 5.91 Å². The number of rotatable bonds is 4. The molecule has 4 atom stereocenters. The first-order chi connectivity index (χ1) is 15.0. The van der Waals surface area contributed by atoms with Gasteiger partial charge in [-0.1, -0.05) is 38.5 Å². The van der Waals surface area contributed by atoms with Crippen molar-refractivity contribution < 1.29 is 19.5 Å². The second-order valence-corrected chi connectivity index (χ2v) is 10.7. The van der Waals surface area contributed by atoms with E-state index in [2.05, 4.69) is 5.32 Å². The number of aliphatic carboxylic acids is 1. The molecule has 0 aromatic carbocycles. The molecule has 6 nitrogen and oxygen atoms in total. The van der Waals surface area contributed by atoms with E-state index in [0.29, 0.717) is 10.6 Å². The monoisotopic (exact) mass is 446 g/mol. The number of nitrogens with two attached hydrogens (primary N) is 1. The summed E-state index contributed by atoms with van der Waals surface area (Å²) >= 11 is 1.48. The topological polar surface area (TPSA) is 109 Å². The van der Waals surface area contributed by atoms with Gasteiger partial charge >= 0.3 is 5.97 Å². The Bertz CT molecular complexity index is 849. The van der Waals surface area contributed by atoms with E-state index in [1.807, 2.05) is 0 Å². The predicted octanol–water partition coefficient (Wildman–Crippen LogP) is 4.75. The van der Waals surface area contributed by atoms with Crippen LogP contribution in [0, 0.1) is 23.7 Å². The summed E-state index contributed by atoms with van der Waals surface area (Å²) in [6.07, 6.45) is 13.8. The Labute approximate surface area is 188 Å². The summed E-state index contributed by atoms with van der Waals surface area (Å²) in [5, 5.41) is 13.2. The van der Waals surface area contributed by atoms with Crippen LogP contribution in [-0.2, 0) is 22.4 Å². The van der Waals surface area contributed by atoms with Gasteiger partial charge in [-0.25, -0.2) is 0 Å². The van der Waals surface area contributed by atoms with Gasteiger partial charge < -0.3 is 16.2 Å². The number of carbonyl (C=O) groups is 3. The summed E-state index contributed by atoms with van der Waals surface area (Å²) in [4.78, 5) is 38.6. The molecule has 31 heavy (non-hydrogen) atoms. The third-order valence-electron chi connectivity index (χ3n) is 7.66. The van der Waals surface area contributed by atoms with E-state index in [4.69, 9.17) is 5.73 Å². The van der Waals surface area contributed by atoms with E-state index in [1.54, 1.807) is 0 Å². The molecule has 0 unspecified atom stereocenters. The maximum absolute atomic E-state index is 13.2. The number of carboxylic acid groups (broad SMARTS) is 1. The lowest BCUT2D eigenvalue weighted by molar-refractivity contribution is -0.148. The van der Waals surface area contributed by atoms with Crippen LogP contribution >= 0.6 is 11.3 Å². The van der Waals surface area contributed by atoms with Gasteiger partial charge in [0.25, 0.3) is 5.91 Å². The second kappa shape index (κ2) is 9.72. The second-order valence-electron chi connectivity index (χ2n) is 9.61. The summed E-state index contributed by atoms with van der Waals surface area (Å²) in [6.45, 7) is 0. The van der Waals surface area contributed by atoms with Crippen LogP contribution in [0.2, 0.25) is 0 Å². The minimum atomic E-state index is -0.874. The Morgan fingerprint density at radius 3 is 2.06 bits per heavy atom. The Hall–Kier alpha value is -1.89. The van der Waals surface area contributed by atoms with Gasteiger partial charge in [0.05, 0.1) is 17.4 Å². The molecule has 2 bridgehead atoms. The standard InChI is InChI=1S/C24H34N2O4S/c25-21(27)20-16-9-7-5-3-1-2-4-6-8-10-17(16)31-23(20)26-22(28)18-14-11-12-15(13-14)19(18)24(29)30/h14-15,18-19H,1-13H2,(H2,25,27)(H,26,28)(H,29,30)/t14-,15-,18-,19+/m0/s1. The molecule has 2 saturated carbocycles. The van der Waals surface area contributed by atoms with Crippen LogP contribution in [0.3, 0.4) is 0 Å². The number of carbonyl (C=O) groups excluding carboxylic acids is 2. The van der Waals surface area contributed by atoms with Gasteiger partial charge in [-0.2, -0.15) is 0 Å². The fourth-order valence-corrected chi connectivity index (χ4v) is 7.49. The minimum absolute atomic E-state index is 0.0952. The predicted molar refractivity (Wildman–Crippen MR) is 121 cm³/mol. The largest absolute Gasteiger partial charge is 0.481 e. The quantitative estimate of drug-likeness (QED) is 0.620. The molecule has 1 aromatic heterocycles. The van der Waals surface area contributed by atoms with Crippen molar-refractivity contribution in [2.45, 2.75) is 83.5 Å². The Morgan fingerprint density at radius 1 is 0.871 bits per heavy atom. The highest BCUT2D eigenvalue weighted by molar-refractivity contribution is 7.17. The normalized spacial score (nSPS) is 28.9. The molecular weight excluding hydrogens is 412 g/mol. The first-order valence-electron chi connectivity index (χ1n) is 12.0. The van der Waals surface area contributed by atoms with Crippen molar-refractivity contribution in [3.05, 3.63) is 16.0 Å². The summed E-state index contributed by atoms with van der Waals surface area (Å²) in [5.41, 5.74) is 7.26. The number of fused-ring (bicyclic) bond motifs is 3. The number of thiophene rings is 1. The van der Waals surface area contributed by atoms with Crippen LogP contribution in [0.5, 0.6) is 0 Å². The number of primary amides is 1. The molecule has 2 amide bonds. The van der Waals surface area contributed by atoms with Crippen molar-refractivity contribution in [1.29, 1.82) is 0 Å². The van der Waals surface area contributed by atoms with E-state index >= 15 is 0 Å². The Balaban J connectivity index is 1.59. The van der Waals surface area contributed by atoms with Crippen molar-refractivity contribution in [2.24, 2.45) is 29.4 Å². The number of amides is 2. The summed E-state index contributed by atoms with van der Waals surface area (Å²) in [6, 6.07) is 0. The van der Waals surface area contributed by atoms with Crippen LogP contribution in [0.1, 0.15) is 91.4 Å². The first-order valence-corrected chi connectivity index (χ1v) is 12.8. The highest BCUT2D eigenvalue weighted by atomic mass is 32.1. The highest BCUT2D eigenvalue weighted by Crippen LogP contribution is 2.53. The van der Waals surface area contributed by atoms with Crippen LogP contribution in [0.25, 0.3) is 0 Å². The number of nitrogens with one attached hydrogen (secondary N) is 1. The van der Waals surface area contributed by atoms with Crippen molar-refractivity contribution in [2.75, 3.05) is 5.32 Å². The fraction of sp³-hybridized carbons (Fsp3) is 0.708. The number of hydrogen-bond acceptors (Lipinski definition) is 4. The highest BCUT2D eigenvalue weighted by Gasteiger charge is 2.54. The van der Waals surface area contributed by atoms with Gasteiger partial charge in [-0.3, -0.25) is 14.4 Å². The summed E-state index contributed by atoms with van der Waals surface area (Å²) < 4.78 is 0. The summed E-state index contributed by atoms with van der Waals surface area (Å²) in [5.74, 6) is -2.53. The van der Waals surface area contributed by atoms with Gasteiger partial charge in [0, 0.05) is 4.88 Å². The lowest BCUT2D eigenvalue weighted by Crippen LogP contribution is -2.38. The molecule has 0 aliphatic heterocycles. The zero-order chi connectivity index (χ0) is 22.0. The van der Waals surface area contributed by atoms with E-state index in [1.165, 1.54) is 43.4 Å². The molecule has 7 heteroatoms. The number of carboxylic acids is 1. The van der Waals surface area contributed by atoms with Crippen LogP contribution < -0.4 is 11.1 Å². The van der Waals surface area contributed by atoms with Crippen molar-refractivity contribution in [3.8, 4) is 0 Å². The van der Waals surface area contributed by atoms with Crippen LogP contribution in [0.15, 0.2) is 0 Å². The maximum atomic E-state index is 13.2. The molecule has 2 fully saturated rings. The van der Waals surface area contributed by atoms with Gasteiger partial charge in [0.1, 0.15) is 5.00 Å². The smallest absolute Gasteiger partial charge is 0.307 e. The SMILES string of the molecule is NC(=O)c1c(NC(=O)[C@H]2[C@H]3CC[C@@H](C3)[C@H]2C(=O)O)sc2c1CCCCCCCCCC2. The molecule has 4 rings (SSSR count). The fourth-order valence-electron chi connectivity index (χ4n) is 6.19. The van der Waals surface area contributed by atoms with Crippen LogP contribution in [0.4, 0.5) is 5.00 Å². The minimum Gasteiger partial charge on any atom is -0.481 e. The molecule has 1 heterocycles. The molecule has 4 N–H and O–H groups in total. The molecule has 3 aliphatic carbocycles. The number of hydrogen-bond donors (Lipinski definition) is 3. The lowest BCUT2D eigenvalue weighted by Gasteiger charge is -2.26. The summed E-state index contributed by atoms with van der Waals surface area (Å²) in [7, 11) is 0. The Kier molecular flexibility index (Phi) is 6.99. The van der Waals surface area contributed by atoms with E-state index < -0.39 is 23.7 Å². The van der Waals surface area contributed by atoms with E-state index in [-0.39, 0.29) is 17.7 Å². The molecule has 170 valence electrons. The number of anilines is 1. The zero-order valence-corrected chi connectivity index (χ0v) is 19.0. The zero-order valence-electron chi connectivity index (χ0n) is 18.2. The molecule has 0 spiro atoms. The first kappa shape index (κ1) is 22.3. The third-order valence-corrected chi connectivity index (χ3v) is 8.87. The average Bonchev–Trinajstić information content (AvgIpc) is 3.41. The van der Waals surface area contributed by atoms with Crippen LogP contribution in [-0.4, -0.2) is 22.9 Å². The molecule has 1 aromatic rings. The average molecular weight is 447 g/mol. The van der Waals surface area contributed by atoms with Crippen molar-refractivity contribution in [3.63, 3.8) is 0 Å². The third kappa shape index (κ3) is 4.66. The van der Waals surface area contributed by atoms with Gasteiger partial charge in [-0.05, 0) is 62.3 Å². The van der Waals surface area contributed by atoms with Crippen molar-refractivity contribution >= 4 is 34.1 Å². The molecule has 3 aliphatic rings.